The number of rotatable bonds is 5. The van der Waals surface area contributed by atoms with Crippen molar-refractivity contribution in [3.8, 4) is 0 Å². The first-order valence-corrected chi connectivity index (χ1v) is 7.08. The Morgan fingerprint density at radius 2 is 1.76 bits per heavy atom. The summed E-state index contributed by atoms with van der Waals surface area (Å²) in [5.41, 5.74) is 0.743. The Balaban J connectivity index is 2.85. The van der Waals surface area contributed by atoms with Gasteiger partial charge in [0.25, 0.3) is 0 Å². The number of carboxylic acids is 1. The molecule has 4 nitrogen and oxygen atoms in total. The van der Waals surface area contributed by atoms with Crippen LogP contribution in [0.25, 0.3) is 0 Å². The molecule has 0 heterocycles. The Morgan fingerprint density at radius 3 is 2.18 bits per heavy atom. The molecule has 0 unspecified atom stereocenters. The minimum atomic E-state index is -3.71. The maximum absolute atomic E-state index is 11.6. The van der Waals surface area contributed by atoms with Crippen LogP contribution in [0.2, 0.25) is 0 Å². The minimum absolute atomic E-state index is 0.000264. The van der Waals surface area contributed by atoms with E-state index in [1.807, 2.05) is 0 Å². The third-order valence-electron chi connectivity index (χ3n) is 2.11. The summed E-state index contributed by atoms with van der Waals surface area (Å²) in [5.74, 6) is -0.900. The van der Waals surface area contributed by atoms with Crippen molar-refractivity contribution in [1.29, 1.82) is 0 Å². The average Bonchev–Trinajstić information content (AvgIpc) is 2.26. The number of sulfone groups is 1. The van der Waals surface area contributed by atoms with Gasteiger partial charge >= 0.3 is 5.97 Å². The van der Waals surface area contributed by atoms with Crippen molar-refractivity contribution in [2.45, 2.75) is 21.9 Å². The van der Waals surface area contributed by atoms with Gasteiger partial charge in [-0.15, -0.1) is 0 Å². The molecule has 0 saturated heterocycles. The van der Waals surface area contributed by atoms with Crippen LogP contribution in [-0.2, 0) is 21.1 Å². The molecular weight excluding hydrogens is 287 g/mol. The zero-order valence-electron chi connectivity index (χ0n) is 8.64. The fourth-order valence-electron chi connectivity index (χ4n) is 1.20. The molecule has 0 radical (unpaired) electrons. The normalized spacial score (nSPS) is 11.7. The van der Waals surface area contributed by atoms with Crippen LogP contribution in [0, 0.1) is 0 Å². The van der Waals surface area contributed by atoms with Crippen molar-refractivity contribution in [2.24, 2.45) is 0 Å². The second-order valence-corrected chi connectivity index (χ2v) is 6.99. The van der Waals surface area contributed by atoms with E-state index in [1.165, 1.54) is 12.1 Å². The van der Waals surface area contributed by atoms with Gasteiger partial charge < -0.3 is 5.11 Å². The van der Waals surface area contributed by atoms with Crippen LogP contribution in [0.4, 0.5) is 0 Å². The van der Waals surface area contributed by atoms with Gasteiger partial charge in [0, 0.05) is 6.42 Å². The lowest BCUT2D eigenvalue weighted by Gasteiger charge is -2.05. The third-order valence-corrected chi connectivity index (χ3v) is 4.92. The summed E-state index contributed by atoms with van der Waals surface area (Å²) < 4.78 is 21.6. The van der Waals surface area contributed by atoms with Crippen molar-refractivity contribution < 1.29 is 18.3 Å². The van der Waals surface area contributed by atoms with Crippen molar-refractivity contribution in [3.05, 3.63) is 29.8 Å². The first kappa shape index (κ1) is 14.3. The van der Waals surface area contributed by atoms with E-state index in [-0.39, 0.29) is 11.3 Å². The van der Waals surface area contributed by atoms with E-state index in [1.54, 1.807) is 12.1 Å². The quantitative estimate of drug-likeness (QED) is 0.846. The molecule has 7 heteroatoms. The summed E-state index contributed by atoms with van der Waals surface area (Å²) in [5, 5.41) is 8.50. The Morgan fingerprint density at radius 1 is 1.24 bits per heavy atom. The molecule has 17 heavy (non-hydrogen) atoms. The molecule has 0 aliphatic carbocycles. The number of benzene rings is 1. The fourth-order valence-corrected chi connectivity index (χ4v) is 2.54. The Kier molecular flexibility index (Phi) is 4.80. The van der Waals surface area contributed by atoms with Gasteiger partial charge in [-0.05, 0) is 24.1 Å². The van der Waals surface area contributed by atoms with Gasteiger partial charge in [-0.25, -0.2) is 8.42 Å². The van der Waals surface area contributed by atoms with Crippen LogP contribution in [0.3, 0.4) is 0 Å². The molecule has 0 atom stereocenters. The summed E-state index contributed by atoms with van der Waals surface area (Å²) in [6.45, 7) is 0. The molecule has 0 bridgehead atoms. The topological polar surface area (TPSA) is 71.4 Å². The first-order chi connectivity index (χ1) is 7.84. The van der Waals surface area contributed by atoms with E-state index in [4.69, 9.17) is 28.3 Å². The van der Waals surface area contributed by atoms with E-state index in [2.05, 4.69) is 0 Å². The highest BCUT2D eigenvalue weighted by Gasteiger charge is 2.22. The van der Waals surface area contributed by atoms with Gasteiger partial charge in [-0.2, -0.15) is 0 Å². The van der Waals surface area contributed by atoms with Crippen LogP contribution in [0.15, 0.2) is 29.2 Å². The molecule has 94 valence electrons. The monoisotopic (exact) mass is 296 g/mol. The number of hydrogen-bond acceptors (Lipinski definition) is 3. The molecule has 0 fully saturated rings. The summed E-state index contributed by atoms with van der Waals surface area (Å²) in [6.07, 6.45) is 0.348. The highest BCUT2D eigenvalue weighted by atomic mass is 35.5. The lowest BCUT2D eigenvalue weighted by Crippen LogP contribution is -2.09. The molecule has 0 aromatic heterocycles. The number of carboxylic acid groups (broad SMARTS) is 1. The molecule has 0 spiro atoms. The summed E-state index contributed by atoms with van der Waals surface area (Å²) >= 11 is 10.7. The molecule has 1 rings (SSSR count). The van der Waals surface area contributed by atoms with Gasteiger partial charge in [0.15, 0.2) is 0 Å². The Bertz CT molecular complexity index is 494. The molecule has 1 aromatic rings. The summed E-state index contributed by atoms with van der Waals surface area (Å²) in [4.78, 5) is 10.4. The van der Waals surface area contributed by atoms with Gasteiger partial charge in [0.05, 0.1) is 4.90 Å². The third kappa shape index (κ3) is 3.87. The fraction of sp³-hybridized carbons (Fsp3) is 0.300. The zero-order chi connectivity index (χ0) is 13.1. The standard InChI is InChI=1S/C10H10Cl2O4S/c11-10(12)17(15,16)8-4-1-7(2-5-8)3-6-9(13)14/h1-2,4-5,10H,3,6H2,(H,13,14). The largest absolute Gasteiger partial charge is 0.481 e. The number of hydrogen-bond donors (Lipinski definition) is 1. The number of carbonyl (C=O) groups is 1. The molecule has 0 aliphatic rings. The predicted molar refractivity (Wildman–Crippen MR) is 65.1 cm³/mol. The summed E-state index contributed by atoms with van der Waals surface area (Å²) in [7, 11) is -3.71. The van der Waals surface area contributed by atoms with Gasteiger partial charge in [-0.1, -0.05) is 35.3 Å². The van der Waals surface area contributed by atoms with Crippen molar-refractivity contribution in [3.63, 3.8) is 0 Å². The van der Waals surface area contributed by atoms with E-state index < -0.39 is 20.0 Å². The SMILES string of the molecule is O=C(O)CCc1ccc(S(=O)(=O)C(Cl)Cl)cc1. The summed E-state index contributed by atoms with van der Waals surface area (Å²) in [6, 6.07) is 5.83. The van der Waals surface area contributed by atoms with E-state index >= 15 is 0 Å². The predicted octanol–water partition coefficient (Wildman–Crippen LogP) is 2.24. The van der Waals surface area contributed by atoms with E-state index in [0.29, 0.717) is 6.42 Å². The molecule has 1 N–H and O–H groups in total. The van der Waals surface area contributed by atoms with Crippen LogP contribution >= 0.6 is 23.2 Å². The van der Waals surface area contributed by atoms with E-state index in [0.717, 1.165) is 5.56 Å². The molecule has 1 aromatic carbocycles. The smallest absolute Gasteiger partial charge is 0.303 e. The number of alkyl halides is 2. The Hall–Kier alpha value is -0.780. The van der Waals surface area contributed by atoms with E-state index in [9.17, 15) is 13.2 Å². The van der Waals surface area contributed by atoms with Crippen LogP contribution in [0.5, 0.6) is 0 Å². The van der Waals surface area contributed by atoms with Gasteiger partial charge in [-0.3, -0.25) is 4.79 Å². The highest BCUT2D eigenvalue weighted by Crippen LogP contribution is 2.22. The highest BCUT2D eigenvalue weighted by molar-refractivity contribution is 7.94. The lowest BCUT2D eigenvalue weighted by molar-refractivity contribution is -0.136. The van der Waals surface area contributed by atoms with Gasteiger partial charge in [0.1, 0.15) is 0 Å². The maximum atomic E-state index is 11.6. The average molecular weight is 297 g/mol. The Labute approximate surface area is 109 Å². The molecular formula is C10H10Cl2O4S. The molecule has 0 amide bonds. The number of aryl methyl sites for hydroxylation is 1. The van der Waals surface area contributed by atoms with Crippen LogP contribution < -0.4 is 0 Å². The number of aliphatic carboxylic acids is 1. The second-order valence-electron chi connectivity index (χ2n) is 3.34. The van der Waals surface area contributed by atoms with Crippen molar-refractivity contribution >= 4 is 39.0 Å². The number of halogens is 2. The molecule has 0 aliphatic heterocycles. The van der Waals surface area contributed by atoms with Crippen LogP contribution in [-0.4, -0.2) is 23.7 Å². The lowest BCUT2D eigenvalue weighted by atomic mass is 10.1. The van der Waals surface area contributed by atoms with Crippen molar-refractivity contribution in [2.75, 3.05) is 0 Å². The molecule has 0 saturated carbocycles. The maximum Gasteiger partial charge on any atom is 0.303 e. The zero-order valence-corrected chi connectivity index (χ0v) is 11.0. The van der Waals surface area contributed by atoms with Crippen molar-refractivity contribution in [1.82, 2.24) is 0 Å². The van der Waals surface area contributed by atoms with Gasteiger partial charge in [0.2, 0.25) is 14.0 Å². The minimum Gasteiger partial charge on any atom is -0.481 e. The van der Waals surface area contributed by atoms with Crippen LogP contribution in [0.1, 0.15) is 12.0 Å². The second kappa shape index (κ2) is 5.71. The first-order valence-electron chi connectivity index (χ1n) is 4.67.